The Kier molecular flexibility index (Phi) is 7.32. The van der Waals surface area contributed by atoms with Crippen LogP contribution in [-0.2, 0) is 9.53 Å². The first-order chi connectivity index (χ1) is 10.7. The minimum absolute atomic E-state index is 0.0206. The summed E-state index contributed by atoms with van der Waals surface area (Å²) in [6.07, 6.45) is 0.966. The van der Waals surface area contributed by atoms with E-state index in [0.29, 0.717) is 32.6 Å². The first kappa shape index (κ1) is 19.3. The van der Waals surface area contributed by atoms with E-state index in [4.69, 9.17) is 4.74 Å². The normalized spacial score (nSPS) is 16.4. The van der Waals surface area contributed by atoms with Crippen molar-refractivity contribution in [2.75, 3.05) is 26.2 Å². The Morgan fingerprint density at radius 3 is 2.70 bits per heavy atom. The number of carbonyl (C=O) groups excluding carboxylic acids is 2. The van der Waals surface area contributed by atoms with Crippen LogP contribution < -0.4 is 10.6 Å². The van der Waals surface area contributed by atoms with Crippen molar-refractivity contribution in [3.05, 3.63) is 0 Å². The topological polar surface area (TPSA) is 83.0 Å². The summed E-state index contributed by atoms with van der Waals surface area (Å²) in [4.78, 5) is 29.7. The minimum Gasteiger partial charge on any atom is -0.444 e. The maximum absolute atomic E-state index is 12.1. The molecule has 0 aromatic heterocycles. The monoisotopic (exact) mass is 326 g/mol. The van der Waals surface area contributed by atoms with Crippen molar-refractivity contribution in [1.82, 2.24) is 15.5 Å². The molecular weight excluding hydrogens is 296 g/mol. The molecule has 0 aromatic rings. The number of ether oxygens (including phenoxy) is 1. The highest BCUT2D eigenvalue weighted by Crippen LogP contribution is 2.10. The van der Waals surface area contributed by atoms with Crippen LogP contribution in [0, 0.1) is 0 Å². The van der Waals surface area contributed by atoms with Gasteiger partial charge < -0.3 is 15.4 Å². The largest absolute Gasteiger partial charge is 0.444 e. The highest BCUT2D eigenvalue weighted by molar-refractivity contribution is 5.88. The third-order valence-corrected chi connectivity index (χ3v) is 3.37. The van der Waals surface area contributed by atoms with Gasteiger partial charge in [-0.25, -0.2) is 4.79 Å². The van der Waals surface area contributed by atoms with Gasteiger partial charge in [-0.15, -0.1) is 0 Å². The number of aliphatic imine (C=N–C) groups is 1. The highest BCUT2D eigenvalue weighted by atomic mass is 16.6. The molecule has 1 rings (SSSR count). The van der Waals surface area contributed by atoms with Crippen LogP contribution in [0.1, 0.15) is 47.5 Å². The Labute approximate surface area is 138 Å². The van der Waals surface area contributed by atoms with Gasteiger partial charge in [-0.05, 0) is 34.1 Å². The molecule has 0 bridgehead atoms. The van der Waals surface area contributed by atoms with Crippen molar-refractivity contribution in [3.63, 3.8) is 0 Å². The van der Waals surface area contributed by atoms with Crippen LogP contribution in [0.3, 0.4) is 0 Å². The summed E-state index contributed by atoms with van der Waals surface area (Å²) < 4.78 is 5.36. The molecule has 2 amide bonds. The quantitative estimate of drug-likeness (QED) is 0.802. The van der Waals surface area contributed by atoms with E-state index in [0.717, 1.165) is 12.3 Å². The van der Waals surface area contributed by atoms with E-state index in [-0.39, 0.29) is 18.0 Å². The maximum Gasteiger partial charge on any atom is 0.410 e. The zero-order chi connectivity index (χ0) is 17.5. The van der Waals surface area contributed by atoms with Gasteiger partial charge in [0.05, 0.1) is 13.1 Å². The second-order valence-electron chi connectivity index (χ2n) is 6.78. The molecule has 1 unspecified atom stereocenters. The number of amides is 2. The molecule has 0 aliphatic carbocycles. The summed E-state index contributed by atoms with van der Waals surface area (Å²) in [6.45, 7) is 11.5. The van der Waals surface area contributed by atoms with Crippen molar-refractivity contribution in [1.29, 1.82) is 0 Å². The zero-order valence-electron chi connectivity index (χ0n) is 14.9. The number of rotatable bonds is 5. The van der Waals surface area contributed by atoms with E-state index in [1.54, 1.807) is 4.90 Å². The first-order valence-electron chi connectivity index (χ1n) is 8.25. The van der Waals surface area contributed by atoms with Gasteiger partial charge >= 0.3 is 6.09 Å². The van der Waals surface area contributed by atoms with E-state index < -0.39 is 5.60 Å². The van der Waals surface area contributed by atoms with Crippen LogP contribution in [0.5, 0.6) is 0 Å². The lowest BCUT2D eigenvalue weighted by Gasteiger charge is -2.29. The zero-order valence-corrected chi connectivity index (χ0v) is 14.9. The molecule has 1 aliphatic rings. The molecular formula is C16H30N4O3. The number of hydrogen-bond acceptors (Lipinski definition) is 5. The fraction of sp³-hybridized carbons (Fsp3) is 0.812. The van der Waals surface area contributed by atoms with Crippen LogP contribution in [0.25, 0.3) is 0 Å². The van der Waals surface area contributed by atoms with Crippen LogP contribution in [-0.4, -0.2) is 60.6 Å². The Morgan fingerprint density at radius 2 is 2.09 bits per heavy atom. The second-order valence-corrected chi connectivity index (χ2v) is 6.78. The van der Waals surface area contributed by atoms with Gasteiger partial charge in [0, 0.05) is 25.6 Å². The van der Waals surface area contributed by atoms with Crippen LogP contribution in [0.15, 0.2) is 4.99 Å². The van der Waals surface area contributed by atoms with Gasteiger partial charge in [0.15, 0.2) is 0 Å². The molecule has 7 nitrogen and oxygen atoms in total. The van der Waals surface area contributed by atoms with Crippen molar-refractivity contribution in [2.45, 2.75) is 59.1 Å². The second kappa shape index (κ2) is 8.74. The predicted octanol–water partition coefficient (Wildman–Crippen LogP) is 1.53. The van der Waals surface area contributed by atoms with Crippen LogP contribution in [0.2, 0.25) is 0 Å². The van der Waals surface area contributed by atoms with Gasteiger partial charge in [-0.3, -0.25) is 14.7 Å². The smallest absolute Gasteiger partial charge is 0.410 e. The molecule has 1 aliphatic heterocycles. The lowest BCUT2D eigenvalue weighted by Crippen LogP contribution is -2.47. The molecule has 0 fully saturated rings. The van der Waals surface area contributed by atoms with Gasteiger partial charge in [-0.2, -0.15) is 0 Å². The van der Waals surface area contributed by atoms with E-state index >= 15 is 0 Å². The molecule has 1 atom stereocenters. The van der Waals surface area contributed by atoms with Crippen molar-refractivity contribution in [2.24, 2.45) is 4.99 Å². The Hall–Kier alpha value is -1.79. The van der Waals surface area contributed by atoms with Crippen molar-refractivity contribution in [3.8, 4) is 0 Å². The Balaban J connectivity index is 2.34. The summed E-state index contributed by atoms with van der Waals surface area (Å²) >= 11 is 0. The number of nitrogens with one attached hydrogen (secondary N) is 2. The van der Waals surface area contributed by atoms with Crippen molar-refractivity contribution < 1.29 is 14.3 Å². The SMILES string of the molecule is CCC(C)NC(=O)CCNC1=NCCN(C(=O)OC(C)(C)C)C1. The van der Waals surface area contributed by atoms with Crippen LogP contribution in [0.4, 0.5) is 4.79 Å². The van der Waals surface area contributed by atoms with Gasteiger partial charge in [0.1, 0.15) is 11.4 Å². The van der Waals surface area contributed by atoms with E-state index in [1.807, 2.05) is 34.6 Å². The molecule has 7 heteroatoms. The van der Waals surface area contributed by atoms with Crippen LogP contribution >= 0.6 is 0 Å². The fourth-order valence-electron chi connectivity index (χ4n) is 1.98. The predicted molar refractivity (Wildman–Crippen MR) is 90.6 cm³/mol. The average Bonchev–Trinajstić information content (AvgIpc) is 2.45. The van der Waals surface area contributed by atoms with E-state index in [1.165, 1.54) is 0 Å². The average molecular weight is 326 g/mol. The van der Waals surface area contributed by atoms with Crippen molar-refractivity contribution >= 4 is 17.8 Å². The summed E-state index contributed by atoms with van der Waals surface area (Å²) in [7, 11) is 0. The Bertz CT molecular complexity index is 443. The van der Waals surface area contributed by atoms with Gasteiger partial charge in [0.2, 0.25) is 5.91 Å². The lowest BCUT2D eigenvalue weighted by atomic mass is 10.2. The fourth-order valence-corrected chi connectivity index (χ4v) is 1.98. The molecule has 0 aromatic carbocycles. The molecule has 0 saturated heterocycles. The Morgan fingerprint density at radius 1 is 1.39 bits per heavy atom. The third kappa shape index (κ3) is 7.85. The lowest BCUT2D eigenvalue weighted by molar-refractivity contribution is -0.121. The molecule has 0 spiro atoms. The minimum atomic E-state index is -0.507. The first-order valence-corrected chi connectivity index (χ1v) is 8.25. The van der Waals surface area contributed by atoms with E-state index in [2.05, 4.69) is 15.6 Å². The van der Waals surface area contributed by atoms with Gasteiger partial charge in [0.25, 0.3) is 0 Å². The summed E-state index contributed by atoms with van der Waals surface area (Å²) in [5.41, 5.74) is -0.507. The number of amidine groups is 1. The molecule has 2 N–H and O–H groups in total. The maximum atomic E-state index is 12.1. The molecule has 132 valence electrons. The molecule has 0 saturated carbocycles. The number of hydrogen-bond donors (Lipinski definition) is 2. The third-order valence-electron chi connectivity index (χ3n) is 3.37. The number of nitrogens with zero attached hydrogens (tertiary/aromatic N) is 2. The molecule has 0 radical (unpaired) electrons. The van der Waals surface area contributed by atoms with Gasteiger partial charge in [-0.1, -0.05) is 6.92 Å². The highest BCUT2D eigenvalue weighted by Gasteiger charge is 2.24. The standard InChI is InChI=1S/C16H30N4O3/c1-6-12(2)19-14(21)7-8-17-13-11-20(10-9-18-13)15(22)23-16(3,4)5/h12H,6-11H2,1-5H3,(H,17,18)(H,19,21). The molecule has 1 heterocycles. The van der Waals surface area contributed by atoms with E-state index in [9.17, 15) is 9.59 Å². The summed E-state index contributed by atoms with van der Waals surface area (Å²) in [6, 6.07) is 0.192. The molecule has 23 heavy (non-hydrogen) atoms. The summed E-state index contributed by atoms with van der Waals surface area (Å²) in [5.74, 6) is 0.741. The number of carbonyl (C=O) groups is 2. The summed E-state index contributed by atoms with van der Waals surface area (Å²) in [5, 5.41) is 6.05.